The summed E-state index contributed by atoms with van der Waals surface area (Å²) in [5, 5.41) is 0. The van der Waals surface area contributed by atoms with E-state index in [1.54, 1.807) is 0 Å². The third-order valence-electron chi connectivity index (χ3n) is 3.39. The molecule has 0 aromatic rings. The average Bonchev–Trinajstić information content (AvgIpc) is 2.87. The van der Waals surface area contributed by atoms with E-state index in [4.69, 9.17) is 0 Å². The predicted octanol–water partition coefficient (Wildman–Crippen LogP) is 2.44. The number of nitrogens with zero attached hydrogens (tertiary/aromatic N) is 1. The molecule has 2 rings (SSSR count). The van der Waals surface area contributed by atoms with Gasteiger partial charge >= 0.3 is 0 Å². The summed E-state index contributed by atoms with van der Waals surface area (Å²) in [4.78, 5) is 2.65. The zero-order valence-corrected chi connectivity index (χ0v) is 8.05. The summed E-state index contributed by atoms with van der Waals surface area (Å²) < 4.78 is 0. The second-order valence-corrected chi connectivity index (χ2v) is 4.36. The zero-order valence-electron chi connectivity index (χ0n) is 8.05. The highest BCUT2D eigenvalue weighted by molar-refractivity contribution is 5.00. The minimum absolute atomic E-state index is 0.845. The molecule has 0 aromatic carbocycles. The van der Waals surface area contributed by atoms with Crippen LogP contribution >= 0.6 is 0 Å². The largest absolute Gasteiger partial charge is 0.300 e. The van der Waals surface area contributed by atoms with E-state index in [0.29, 0.717) is 0 Å². The topological polar surface area (TPSA) is 3.24 Å². The van der Waals surface area contributed by atoms with Gasteiger partial charge in [0.2, 0.25) is 0 Å². The summed E-state index contributed by atoms with van der Waals surface area (Å²) in [6, 6.07) is 0.845. The molecule has 1 unspecified atom stereocenters. The van der Waals surface area contributed by atoms with Gasteiger partial charge in [-0.25, -0.2) is 0 Å². The summed E-state index contributed by atoms with van der Waals surface area (Å²) in [6.45, 7) is 8.96. The molecule has 0 aromatic heterocycles. The molecule has 1 nitrogen and oxygen atoms in total. The van der Waals surface area contributed by atoms with Crippen molar-refractivity contribution in [1.29, 1.82) is 0 Å². The van der Waals surface area contributed by atoms with Crippen molar-refractivity contribution in [2.24, 2.45) is 5.92 Å². The lowest BCUT2D eigenvalue weighted by Crippen LogP contribution is -2.39. The van der Waals surface area contributed by atoms with Crippen LogP contribution in [-0.4, -0.2) is 24.0 Å². The van der Waals surface area contributed by atoms with E-state index < -0.39 is 0 Å². The van der Waals surface area contributed by atoms with Crippen molar-refractivity contribution in [3.8, 4) is 0 Å². The molecule has 1 saturated carbocycles. The molecule has 0 bridgehead atoms. The van der Waals surface area contributed by atoms with E-state index in [0.717, 1.165) is 12.0 Å². The van der Waals surface area contributed by atoms with E-state index in [2.05, 4.69) is 18.4 Å². The monoisotopic (exact) mass is 165 g/mol. The highest BCUT2D eigenvalue weighted by atomic mass is 15.2. The van der Waals surface area contributed by atoms with Crippen LogP contribution in [0.1, 0.15) is 32.6 Å². The molecule has 0 amide bonds. The SMILES string of the molecule is C=C1CCN(C(C)C2CC2)CC1. The van der Waals surface area contributed by atoms with Gasteiger partial charge in [0.15, 0.2) is 0 Å². The number of hydrogen-bond acceptors (Lipinski definition) is 1. The Morgan fingerprint density at radius 1 is 1.33 bits per heavy atom. The van der Waals surface area contributed by atoms with Crippen LogP contribution in [0.25, 0.3) is 0 Å². The van der Waals surface area contributed by atoms with Crippen LogP contribution in [0.3, 0.4) is 0 Å². The smallest absolute Gasteiger partial charge is 0.00954 e. The summed E-state index contributed by atoms with van der Waals surface area (Å²) in [5.41, 5.74) is 1.45. The first kappa shape index (κ1) is 8.31. The van der Waals surface area contributed by atoms with Crippen molar-refractivity contribution < 1.29 is 0 Å². The molecule has 68 valence electrons. The summed E-state index contributed by atoms with van der Waals surface area (Å²) >= 11 is 0. The van der Waals surface area contributed by atoms with Gasteiger partial charge in [0.25, 0.3) is 0 Å². The minimum atomic E-state index is 0.845. The van der Waals surface area contributed by atoms with Crippen LogP contribution in [0, 0.1) is 5.92 Å². The van der Waals surface area contributed by atoms with Crippen molar-refractivity contribution in [2.75, 3.05) is 13.1 Å². The highest BCUT2D eigenvalue weighted by Crippen LogP contribution is 2.36. The van der Waals surface area contributed by atoms with E-state index in [1.165, 1.54) is 44.3 Å². The molecular weight excluding hydrogens is 146 g/mol. The van der Waals surface area contributed by atoms with Crippen LogP contribution in [0.4, 0.5) is 0 Å². The lowest BCUT2D eigenvalue weighted by atomic mass is 10.0. The first-order chi connectivity index (χ1) is 5.77. The second kappa shape index (κ2) is 3.21. The average molecular weight is 165 g/mol. The Bertz CT molecular complexity index is 171. The fourth-order valence-corrected chi connectivity index (χ4v) is 2.12. The van der Waals surface area contributed by atoms with Crippen molar-refractivity contribution in [2.45, 2.75) is 38.6 Å². The first-order valence-corrected chi connectivity index (χ1v) is 5.18. The molecule has 1 heteroatoms. The lowest BCUT2D eigenvalue weighted by molar-refractivity contribution is 0.177. The maximum atomic E-state index is 4.04. The molecule has 1 saturated heterocycles. The molecular formula is C11H19N. The fourth-order valence-electron chi connectivity index (χ4n) is 2.12. The van der Waals surface area contributed by atoms with Gasteiger partial charge in [-0.2, -0.15) is 0 Å². The Morgan fingerprint density at radius 3 is 2.42 bits per heavy atom. The van der Waals surface area contributed by atoms with Gasteiger partial charge in [-0.1, -0.05) is 12.2 Å². The molecule has 0 N–H and O–H groups in total. The van der Waals surface area contributed by atoms with Crippen molar-refractivity contribution in [3.05, 3.63) is 12.2 Å². The van der Waals surface area contributed by atoms with Crippen molar-refractivity contribution >= 4 is 0 Å². The molecule has 1 aliphatic heterocycles. The lowest BCUT2D eigenvalue weighted by Gasteiger charge is -2.33. The Hall–Kier alpha value is -0.300. The second-order valence-electron chi connectivity index (χ2n) is 4.36. The maximum Gasteiger partial charge on any atom is 0.00954 e. The van der Waals surface area contributed by atoms with E-state index in [-0.39, 0.29) is 0 Å². The van der Waals surface area contributed by atoms with Crippen LogP contribution in [0.5, 0.6) is 0 Å². The van der Waals surface area contributed by atoms with Crippen LogP contribution in [-0.2, 0) is 0 Å². The molecule has 2 aliphatic rings. The standard InChI is InChI=1S/C11H19N/c1-9-5-7-12(8-6-9)10(2)11-3-4-11/h10-11H,1,3-8H2,2H3. The molecule has 1 heterocycles. The summed E-state index contributed by atoms with van der Waals surface area (Å²) in [7, 11) is 0. The summed E-state index contributed by atoms with van der Waals surface area (Å²) in [5.74, 6) is 1.02. The van der Waals surface area contributed by atoms with E-state index in [1.807, 2.05) is 0 Å². The van der Waals surface area contributed by atoms with E-state index in [9.17, 15) is 0 Å². The van der Waals surface area contributed by atoms with Gasteiger partial charge in [0.1, 0.15) is 0 Å². The van der Waals surface area contributed by atoms with Gasteiger partial charge in [-0.3, -0.25) is 4.90 Å². The van der Waals surface area contributed by atoms with Gasteiger partial charge in [0, 0.05) is 19.1 Å². The van der Waals surface area contributed by atoms with Crippen molar-refractivity contribution in [3.63, 3.8) is 0 Å². The minimum Gasteiger partial charge on any atom is -0.300 e. The van der Waals surface area contributed by atoms with Gasteiger partial charge in [-0.05, 0) is 38.5 Å². The number of piperidine rings is 1. The molecule has 1 atom stereocenters. The maximum absolute atomic E-state index is 4.04. The normalized spacial score (nSPS) is 28.9. The Kier molecular flexibility index (Phi) is 2.22. The molecule has 1 aliphatic carbocycles. The summed E-state index contributed by atoms with van der Waals surface area (Å²) in [6.07, 6.45) is 5.41. The Balaban J connectivity index is 1.83. The number of likely N-dealkylation sites (tertiary alicyclic amines) is 1. The fraction of sp³-hybridized carbons (Fsp3) is 0.818. The first-order valence-electron chi connectivity index (χ1n) is 5.18. The molecule has 12 heavy (non-hydrogen) atoms. The van der Waals surface area contributed by atoms with Gasteiger partial charge in [0.05, 0.1) is 0 Å². The highest BCUT2D eigenvalue weighted by Gasteiger charge is 2.32. The quantitative estimate of drug-likeness (QED) is 0.568. The third kappa shape index (κ3) is 1.71. The van der Waals surface area contributed by atoms with Crippen LogP contribution in [0.15, 0.2) is 12.2 Å². The van der Waals surface area contributed by atoms with Crippen LogP contribution < -0.4 is 0 Å². The number of rotatable bonds is 2. The van der Waals surface area contributed by atoms with Crippen molar-refractivity contribution in [1.82, 2.24) is 4.90 Å². The predicted molar refractivity (Wildman–Crippen MR) is 52.1 cm³/mol. The number of hydrogen-bond donors (Lipinski definition) is 0. The van der Waals surface area contributed by atoms with Crippen LogP contribution in [0.2, 0.25) is 0 Å². The molecule has 0 radical (unpaired) electrons. The van der Waals surface area contributed by atoms with E-state index >= 15 is 0 Å². The van der Waals surface area contributed by atoms with Gasteiger partial charge in [-0.15, -0.1) is 0 Å². The molecule has 0 spiro atoms. The Labute approximate surface area is 75.4 Å². The molecule has 2 fully saturated rings. The third-order valence-corrected chi connectivity index (χ3v) is 3.39. The van der Waals surface area contributed by atoms with Gasteiger partial charge < -0.3 is 0 Å². The Morgan fingerprint density at radius 2 is 1.92 bits per heavy atom. The zero-order chi connectivity index (χ0) is 8.55.